The number of aliphatic hydroxyl groups is 1. The Bertz CT molecular complexity index is 1800. The molecule has 0 aliphatic carbocycles. The van der Waals surface area contributed by atoms with E-state index >= 15 is 0 Å². The number of aliphatic hydroxyl groups excluding tert-OH is 1. The van der Waals surface area contributed by atoms with E-state index in [0.29, 0.717) is 32.1 Å². The molecule has 416 valence electrons. The average molecular weight is 1050 g/mol. The van der Waals surface area contributed by atoms with Crippen LogP contribution in [0.4, 0.5) is 0 Å². The lowest BCUT2D eigenvalue weighted by molar-refractivity contribution is -0.161. The van der Waals surface area contributed by atoms with Gasteiger partial charge >= 0.3 is 25.7 Å². The van der Waals surface area contributed by atoms with Gasteiger partial charge in [-0.15, -0.1) is 0 Å². The van der Waals surface area contributed by atoms with Gasteiger partial charge in [0.2, 0.25) is 0 Å². The first-order valence-electron chi connectivity index (χ1n) is 27.7. The van der Waals surface area contributed by atoms with Crippen LogP contribution >= 0.6 is 7.82 Å². The lowest BCUT2D eigenvalue weighted by atomic mass is 10.1. The first kappa shape index (κ1) is 69.4. The normalized spacial score (nSPS) is 14.5. The summed E-state index contributed by atoms with van der Waals surface area (Å²) in [6.45, 7) is 4.19. The zero-order chi connectivity index (χ0) is 54.1. The lowest BCUT2D eigenvalue weighted by Gasteiger charge is -2.21. The van der Waals surface area contributed by atoms with Gasteiger partial charge in [-0.1, -0.05) is 218 Å². The van der Waals surface area contributed by atoms with Crippen LogP contribution in [0.2, 0.25) is 0 Å². The molecule has 12 heteroatoms. The van der Waals surface area contributed by atoms with Gasteiger partial charge in [0.05, 0.1) is 19.8 Å². The largest absolute Gasteiger partial charge is 0.472 e. The Morgan fingerprint density at radius 2 is 0.703 bits per heavy atom. The van der Waals surface area contributed by atoms with Gasteiger partial charge in [0, 0.05) is 19.3 Å². The van der Waals surface area contributed by atoms with E-state index in [9.17, 15) is 28.9 Å². The Kier molecular flexibility index (Phi) is 51.2. The van der Waals surface area contributed by atoms with Crippen molar-refractivity contribution in [2.75, 3.05) is 26.4 Å². The van der Waals surface area contributed by atoms with E-state index < -0.39 is 57.8 Å². The standard InChI is InChI=1S/C62H97O11P/c1-4-7-10-13-16-19-21-23-25-27-29-31-33-35-37-40-43-46-49-52-61(65)72-58(54-63)56-70-74(67,68)71-57-59(55-69-60(64)51-48-45-42-39-18-15-12-9-6-3)73-62(66)53-50-47-44-41-38-36-34-32-30-28-26-24-22-20-17-14-11-8-5-2/h7-8,10-11,16-17,19-20,23-26,29-32,35-38,43-44,46-47,58-59,63H,4-6,9,12-15,18,21-22,27-28,33-34,39-42,45,48-57H2,1-3H3,(H,67,68)/b10-7-,11-8-,19-16-,20-17-,25-23-,26-24-,31-29-,32-30-,37-35-,38-36-,46-43-,47-44-. The number of carbonyl (C=O) groups excluding carboxylic acids is 3. The second-order valence-electron chi connectivity index (χ2n) is 17.6. The molecule has 0 aliphatic rings. The predicted molar refractivity (Wildman–Crippen MR) is 306 cm³/mol. The number of phosphoric ester groups is 1. The maximum atomic E-state index is 12.9. The van der Waals surface area contributed by atoms with Crippen LogP contribution in [0, 0.1) is 0 Å². The van der Waals surface area contributed by atoms with Crippen molar-refractivity contribution in [3.05, 3.63) is 146 Å². The first-order valence-corrected chi connectivity index (χ1v) is 29.2. The van der Waals surface area contributed by atoms with Gasteiger partial charge in [0.1, 0.15) is 12.7 Å². The van der Waals surface area contributed by atoms with Crippen molar-refractivity contribution in [2.45, 2.75) is 200 Å². The van der Waals surface area contributed by atoms with E-state index in [4.69, 9.17) is 23.3 Å². The number of rotatable bonds is 49. The van der Waals surface area contributed by atoms with Crippen molar-refractivity contribution < 1.29 is 52.2 Å². The van der Waals surface area contributed by atoms with Gasteiger partial charge in [-0.25, -0.2) is 4.57 Å². The summed E-state index contributed by atoms with van der Waals surface area (Å²) < 4.78 is 39.2. The zero-order valence-corrected chi connectivity index (χ0v) is 46.6. The molecule has 0 aromatic heterocycles. The van der Waals surface area contributed by atoms with Crippen molar-refractivity contribution in [1.82, 2.24) is 0 Å². The van der Waals surface area contributed by atoms with Crippen LogP contribution in [0.15, 0.2) is 146 Å². The number of phosphoric acid groups is 1. The minimum Gasteiger partial charge on any atom is -0.462 e. The topological polar surface area (TPSA) is 155 Å². The molecule has 0 bridgehead atoms. The van der Waals surface area contributed by atoms with Gasteiger partial charge < -0.3 is 24.2 Å². The number of hydrogen-bond acceptors (Lipinski definition) is 10. The molecule has 2 N–H and O–H groups in total. The molecule has 0 aromatic carbocycles. The highest BCUT2D eigenvalue weighted by Gasteiger charge is 2.28. The minimum absolute atomic E-state index is 0.0297. The summed E-state index contributed by atoms with van der Waals surface area (Å²) in [5.41, 5.74) is 0. The lowest BCUT2D eigenvalue weighted by Crippen LogP contribution is -2.30. The van der Waals surface area contributed by atoms with E-state index in [0.717, 1.165) is 83.5 Å². The third kappa shape index (κ3) is 52.2. The molecule has 3 atom stereocenters. The molecule has 0 saturated heterocycles. The van der Waals surface area contributed by atoms with Crippen molar-refractivity contribution in [3.63, 3.8) is 0 Å². The van der Waals surface area contributed by atoms with Crippen molar-refractivity contribution in [1.29, 1.82) is 0 Å². The molecule has 0 aliphatic heterocycles. The maximum absolute atomic E-state index is 12.9. The highest BCUT2D eigenvalue weighted by molar-refractivity contribution is 7.47. The summed E-state index contributed by atoms with van der Waals surface area (Å²) >= 11 is 0. The average Bonchev–Trinajstić information content (AvgIpc) is 3.39. The molecule has 0 saturated carbocycles. The molecule has 0 amide bonds. The third-order valence-corrected chi connectivity index (χ3v) is 11.7. The molecular weight excluding hydrogens is 952 g/mol. The Morgan fingerprint density at radius 1 is 0.392 bits per heavy atom. The quantitative estimate of drug-likeness (QED) is 0.0197. The van der Waals surface area contributed by atoms with Crippen LogP contribution < -0.4 is 0 Å². The number of esters is 3. The minimum atomic E-state index is -4.79. The Morgan fingerprint density at radius 3 is 1.05 bits per heavy atom. The summed E-state index contributed by atoms with van der Waals surface area (Å²) in [4.78, 5) is 48.3. The van der Waals surface area contributed by atoms with E-state index in [2.05, 4.69) is 136 Å². The molecule has 0 heterocycles. The van der Waals surface area contributed by atoms with E-state index in [1.807, 2.05) is 30.4 Å². The monoisotopic (exact) mass is 1050 g/mol. The third-order valence-electron chi connectivity index (χ3n) is 10.8. The highest BCUT2D eigenvalue weighted by atomic mass is 31.2. The Labute approximate surface area is 448 Å². The summed E-state index contributed by atoms with van der Waals surface area (Å²) in [6.07, 6.45) is 69.9. The Balaban J connectivity index is 4.85. The fraction of sp³-hybridized carbons (Fsp3) is 0.565. The van der Waals surface area contributed by atoms with Crippen LogP contribution in [0.25, 0.3) is 0 Å². The Hall–Kier alpha value is -4.64. The molecule has 74 heavy (non-hydrogen) atoms. The fourth-order valence-electron chi connectivity index (χ4n) is 6.64. The molecule has 0 radical (unpaired) electrons. The predicted octanol–water partition coefficient (Wildman–Crippen LogP) is 16.4. The zero-order valence-electron chi connectivity index (χ0n) is 45.7. The number of unbranched alkanes of at least 4 members (excludes halogenated alkanes) is 8. The summed E-state index contributed by atoms with van der Waals surface area (Å²) in [5, 5.41) is 9.79. The smallest absolute Gasteiger partial charge is 0.462 e. The molecule has 0 fully saturated rings. The van der Waals surface area contributed by atoms with Gasteiger partial charge in [0.25, 0.3) is 0 Å². The van der Waals surface area contributed by atoms with Gasteiger partial charge in [-0.3, -0.25) is 23.4 Å². The molecular formula is C62H97O11P. The van der Waals surface area contributed by atoms with Gasteiger partial charge in [0.15, 0.2) is 6.10 Å². The van der Waals surface area contributed by atoms with Crippen LogP contribution in [-0.2, 0) is 42.2 Å². The SMILES string of the molecule is CC/C=C\C/C=C\C/C=C\C/C=C\C/C=C\C/C=C\CCC(=O)OC(CO)COP(=O)(O)OCC(COC(=O)CCCCCCCCCCC)OC(=O)CC/C=C\C/C=C\C/C=C\C/C=C\C/C=C\C/C=C\CC. The van der Waals surface area contributed by atoms with E-state index in [1.54, 1.807) is 0 Å². The van der Waals surface area contributed by atoms with Crippen molar-refractivity contribution in [3.8, 4) is 0 Å². The molecule has 3 unspecified atom stereocenters. The summed E-state index contributed by atoms with van der Waals surface area (Å²) in [6, 6.07) is 0. The summed E-state index contributed by atoms with van der Waals surface area (Å²) in [5.74, 6) is -1.68. The van der Waals surface area contributed by atoms with Crippen LogP contribution in [0.1, 0.15) is 188 Å². The number of carbonyl (C=O) groups is 3. The second kappa shape index (κ2) is 54.6. The number of hydrogen-bond donors (Lipinski definition) is 2. The van der Waals surface area contributed by atoms with E-state index in [1.165, 1.54) is 32.1 Å². The molecule has 11 nitrogen and oxygen atoms in total. The highest BCUT2D eigenvalue weighted by Crippen LogP contribution is 2.43. The van der Waals surface area contributed by atoms with Gasteiger partial charge in [-0.05, 0) is 96.3 Å². The molecule has 0 spiro atoms. The van der Waals surface area contributed by atoms with E-state index in [-0.39, 0.29) is 25.9 Å². The maximum Gasteiger partial charge on any atom is 0.472 e. The fourth-order valence-corrected chi connectivity index (χ4v) is 7.43. The van der Waals surface area contributed by atoms with Crippen LogP contribution in [0.3, 0.4) is 0 Å². The summed E-state index contributed by atoms with van der Waals surface area (Å²) in [7, 11) is -4.79. The van der Waals surface area contributed by atoms with Gasteiger partial charge in [-0.2, -0.15) is 0 Å². The number of ether oxygens (including phenoxy) is 3. The van der Waals surface area contributed by atoms with Crippen LogP contribution in [0.5, 0.6) is 0 Å². The first-order chi connectivity index (χ1) is 36.2. The van der Waals surface area contributed by atoms with Crippen molar-refractivity contribution >= 4 is 25.7 Å². The van der Waals surface area contributed by atoms with Crippen molar-refractivity contribution in [2.24, 2.45) is 0 Å². The second-order valence-corrected chi connectivity index (χ2v) is 19.1. The number of allylic oxidation sites excluding steroid dienone is 24. The van der Waals surface area contributed by atoms with Crippen LogP contribution in [-0.4, -0.2) is 66.5 Å². The molecule has 0 rings (SSSR count). The molecule has 0 aromatic rings.